The largest absolute Gasteiger partial charge is 0.308 e. The fourth-order valence-corrected chi connectivity index (χ4v) is 2.46. The molecule has 4 nitrogen and oxygen atoms in total. The zero-order valence-corrected chi connectivity index (χ0v) is 11.9. The van der Waals surface area contributed by atoms with Gasteiger partial charge in [0, 0.05) is 25.1 Å². The Hall–Kier alpha value is -1.68. The Morgan fingerprint density at radius 3 is 2.79 bits per heavy atom. The topological polar surface area (TPSA) is 42.7 Å². The van der Waals surface area contributed by atoms with Crippen LogP contribution in [0.3, 0.4) is 0 Å². The van der Waals surface area contributed by atoms with Crippen LogP contribution in [0.4, 0.5) is 0 Å². The van der Waals surface area contributed by atoms with Gasteiger partial charge in [-0.1, -0.05) is 13.8 Å². The summed E-state index contributed by atoms with van der Waals surface area (Å²) in [5.74, 6) is 0. The van der Waals surface area contributed by atoms with Crippen LogP contribution in [0.15, 0.2) is 30.7 Å². The quantitative estimate of drug-likeness (QED) is 0.866. The molecule has 0 saturated heterocycles. The average molecular weight is 258 g/mol. The second-order valence-electron chi connectivity index (χ2n) is 4.63. The Bertz CT molecular complexity index is 518. The van der Waals surface area contributed by atoms with Crippen LogP contribution in [-0.2, 0) is 13.0 Å². The molecule has 0 bridgehead atoms. The number of hydrogen-bond acceptors (Lipinski definition) is 3. The van der Waals surface area contributed by atoms with Crippen molar-refractivity contribution in [3.8, 4) is 0 Å². The van der Waals surface area contributed by atoms with Gasteiger partial charge in [-0.15, -0.1) is 0 Å². The summed E-state index contributed by atoms with van der Waals surface area (Å²) in [6.45, 7) is 5.29. The highest BCUT2D eigenvalue weighted by atomic mass is 15.3. The van der Waals surface area contributed by atoms with Gasteiger partial charge in [0.2, 0.25) is 0 Å². The van der Waals surface area contributed by atoms with Crippen LogP contribution >= 0.6 is 0 Å². The fourth-order valence-electron chi connectivity index (χ4n) is 2.46. The maximum atomic E-state index is 4.42. The summed E-state index contributed by atoms with van der Waals surface area (Å²) in [4.78, 5) is 4.22. The minimum absolute atomic E-state index is 0.173. The molecule has 0 amide bonds. The average Bonchev–Trinajstić information content (AvgIpc) is 2.89. The second kappa shape index (κ2) is 6.48. The highest BCUT2D eigenvalue weighted by Gasteiger charge is 2.18. The van der Waals surface area contributed by atoms with E-state index in [0.29, 0.717) is 0 Å². The molecule has 0 radical (unpaired) electrons. The number of hydrogen-bond donors (Lipinski definition) is 1. The lowest BCUT2D eigenvalue weighted by Crippen LogP contribution is -2.23. The van der Waals surface area contributed by atoms with Crippen LogP contribution < -0.4 is 5.32 Å². The third-order valence-electron chi connectivity index (χ3n) is 3.40. The number of nitrogens with zero attached hydrogens (tertiary/aromatic N) is 3. The molecule has 0 aromatic carbocycles. The Morgan fingerprint density at radius 1 is 1.26 bits per heavy atom. The lowest BCUT2D eigenvalue weighted by Gasteiger charge is -2.20. The van der Waals surface area contributed by atoms with E-state index in [1.54, 1.807) is 0 Å². The Labute approximate surface area is 114 Å². The smallest absolute Gasteiger partial charge is 0.0749 e. The van der Waals surface area contributed by atoms with Crippen molar-refractivity contribution in [2.45, 2.75) is 39.3 Å². The van der Waals surface area contributed by atoms with Gasteiger partial charge >= 0.3 is 0 Å². The first-order valence-corrected chi connectivity index (χ1v) is 6.93. The van der Waals surface area contributed by atoms with Gasteiger partial charge in [0.05, 0.1) is 11.7 Å². The van der Waals surface area contributed by atoms with Crippen molar-refractivity contribution in [3.05, 3.63) is 47.5 Å². The first kappa shape index (κ1) is 13.7. The van der Waals surface area contributed by atoms with Crippen LogP contribution in [0, 0.1) is 0 Å². The van der Waals surface area contributed by atoms with Gasteiger partial charge in [-0.05, 0) is 43.1 Å². The standard InChI is InChI=1S/C15H22N4/c1-4-10-19-14(7-9-18-19)15(16-3)13-6-8-17-11-12(13)5-2/h6-9,11,15-16H,4-5,10H2,1-3H3. The highest BCUT2D eigenvalue weighted by molar-refractivity contribution is 5.33. The molecule has 2 aromatic heterocycles. The third kappa shape index (κ3) is 2.84. The van der Waals surface area contributed by atoms with Gasteiger partial charge in [0.25, 0.3) is 0 Å². The third-order valence-corrected chi connectivity index (χ3v) is 3.40. The molecule has 2 heterocycles. The Balaban J connectivity index is 2.41. The van der Waals surface area contributed by atoms with Gasteiger partial charge in [0.1, 0.15) is 0 Å². The van der Waals surface area contributed by atoms with Crippen molar-refractivity contribution in [1.29, 1.82) is 0 Å². The molecular formula is C15H22N4. The van der Waals surface area contributed by atoms with Crippen LogP contribution in [0.5, 0.6) is 0 Å². The van der Waals surface area contributed by atoms with E-state index in [9.17, 15) is 0 Å². The molecule has 1 atom stereocenters. The lowest BCUT2D eigenvalue weighted by molar-refractivity contribution is 0.533. The normalized spacial score (nSPS) is 12.6. The van der Waals surface area contributed by atoms with Crippen LogP contribution in [0.1, 0.15) is 43.1 Å². The Kier molecular flexibility index (Phi) is 4.68. The molecule has 0 saturated carbocycles. The zero-order chi connectivity index (χ0) is 13.7. The summed E-state index contributed by atoms with van der Waals surface area (Å²) in [6, 6.07) is 4.37. The van der Waals surface area contributed by atoms with Crippen molar-refractivity contribution in [2.75, 3.05) is 7.05 Å². The van der Waals surface area contributed by atoms with Crippen molar-refractivity contribution in [3.63, 3.8) is 0 Å². The van der Waals surface area contributed by atoms with Crippen molar-refractivity contribution < 1.29 is 0 Å². The minimum Gasteiger partial charge on any atom is -0.308 e. The van der Waals surface area contributed by atoms with Gasteiger partial charge in [-0.3, -0.25) is 9.67 Å². The van der Waals surface area contributed by atoms with E-state index >= 15 is 0 Å². The van der Waals surface area contributed by atoms with E-state index in [0.717, 1.165) is 19.4 Å². The van der Waals surface area contributed by atoms with Crippen molar-refractivity contribution >= 4 is 0 Å². The molecule has 4 heteroatoms. The zero-order valence-electron chi connectivity index (χ0n) is 11.9. The summed E-state index contributed by atoms with van der Waals surface area (Å²) in [7, 11) is 1.99. The predicted octanol–water partition coefficient (Wildman–Crippen LogP) is 2.56. The minimum atomic E-state index is 0.173. The summed E-state index contributed by atoms with van der Waals surface area (Å²) in [5.41, 5.74) is 3.79. The number of aromatic nitrogens is 3. The first-order valence-electron chi connectivity index (χ1n) is 6.93. The molecule has 2 rings (SSSR count). The molecule has 0 aliphatic rings. The van der Waals surface area contributed by atoms with Gasteiger partial charge in [-0.25, -0.2) is 0 Å². The number of aryl methyl sites for hydroxylation is 2. The van der Waals surface area contributed by atoms with Crippen LogP contribution in [0.2, 0.25) is 0 Å². The van der Waals surface area contributed by atoms with Crippen molar-refractivity contribution in [1.82, 2.24) is 20.1 Å². The maximum Gasteiger partial charge on any atom is 0.0749 e. The molecule has 0 fully saturated rings. The second-order valence-corrected chi connectivity index (χ2v) is 4.63. The molecule has 1 unspecified atom stereocenters. The molecule has 0 aliphatic carbocycles. The van der Waals surface area contributed by atoms with E-state index in [1.165, 1.54) is 16.8 Å². The lowest BCUT2D eigenvalue weighted by atomic mass is 9.98. The summed E-state index contributed by atoms with van der Waals surface area (Å²) >= 11 is 0. The summed E-state index contributed by atoms with van der Waals surface area (Å²) < 4.78 is 2.08. The van der Waals surface area contributed by atoms with Crippen LogP contribution in [-0.4, -0.2) is 21.8 Å². The van der Waals surface area contributed by atoms with E-state index in [4.69, 9.17) is 0 Å². The molecule has 1 N–H and O–H groups in total. The van der Waals surface area contributed by atoms with Gasteiger partial charge in [-0.2, -0.15) is 5.10 Å². The first-order chi connectivity index (χ1) is 9.31. The molecule has 0 aliphatic heterocycles. The van der Waals surface area contributed by atoms with E-state index < -0.39 is 0 Å². The molecule has 102 valence electrons. The van der Waals surface area contributed by atoms with E-state index in [-0.39, 0.29) is 6.04 Å². The van der Waals surface area contributed by atoms with E-state index in [2.05, 4.69) is 46.1 Å². The monoisotopic (exact) mass is 258 g/mol. The predicted molar refractivity (Wildman–Crippen MR) is 77.0 cm³/mol. The Morgan fingerprint density at radius 2 is 2.11 bits per heavy atom. The fraction of sp³-hybridized carbons (Fsp3) is 0.467. The van der Waals surface area contributed by atoms with Gasteiger partial charge in [0.15, 0.2) is 0 Å². The van der Waals surface area contributed by atoms with Crippen molar-refractivity contribution in [2.24, 2.45) is 0 Å². The van der Waals surface area contributed by atoms with E-state index in [1.807, 2.05) is 25.6 Å². The molecular weight excluding hydrogens is 236 g/mol. The molecule has 2 aromatic rings. The van der Waals surface area contributed by atoms with Crippen LogP contribution in [0.25, 0.3) is 0 Å². The SMILES string of the molecule is CCCn1nccc1C(NC)c1ccncc1CC. The summed E-state index contributed by atoms with van der Waals surface area (Å²) in [5, 5.41) is 7.82. The molecule has 19 heavy (non-hydrogen) atoms. The number of pyridine rings is 1. The number of nitrogens with one attached hydrogen (secondary N) is 1. The maximum absolute atomic E-state index is 4.42. The number of rotatable bonds is 6. The highest BCUT2D eigenvalue weighted by Crippen LogP contribution is 2.24. The van der Waals surface area contributed by atoms with Gasteiger partial charge < -0.3 is 5.32 Å². The molecule has 0 spiro atoms. The summed E-state index contributed by atoms with van der Waals surface area (Å²) in [6.07, 6.45) is 7.77.